The molecule has 8 heteroatoms. The maximum atomic E-state index is 13.7. The van der Waals surface area contributed by atoms with Gasteiger partial charge in [0.15, 0.2) is 5.65 Å². The number of carbonyl (C=O) groups excluding carboxylic acids is 1. The second kappa shape index (κ2) is 6.93. The fourth-order valence-corrected chi connectivity index (χ4v) is 4.15. The van der Waals surface area contributed by atoms with E-state index in [1.807, 2.05) is 17.9 Å². The van der Waals surface area contributed by atoms with Crippen molar-refractivity contribution in [1.29, 1.82) is 5.26 Å². The van der Waals surface area contributed by atoms with Crippen LogP contribution in [0.15, 0.2) is 30.5 Å². The van der Waals surface area contributed by atoms with Gasteiger partial charge >= 0.3 is 0 Å². The van der Waals surface area contributed by atoms with Crippen LogP contribution < -0.4 is 4.90 Å². The molecule has 2 aromatic heterocycles. The molecule has 0 N–H and O–H groups in total. The number of rotatable bonds is 2. The molecule has 1 amide bonds. The number of hydrogen-bond acceptors (Lipinski definition) is 6. The van der Waals surface area contributed by atoms with Gasteiger partial charge in [-0.3, -0.25) is 4.79 Å². The third kappa shape index (κ3) is 3.34. The number of aromatic nitrogens is 2. The highest BCUT2D eigenvalue weighted by atomic mass is 32.1. The fraction of sp³-hybridized carbons (Fsp3) is 0.263. The van der Waals surface area contributed by atoms with Crippen LogP contribution in [0.3, 0.4) is 0 Å². The Morgan fingerprint density at radius 2 is 2.04 bits per heavy atom. The Labute approximate surface area is 159 Å². The third-order valence-corrected chi connectivity index (χ3v) is 5.57. The van der Waals surface area contributed by atoms with Crippen molar-refractivity contribution in [1.82, 2.24) is 14.9 Å². The molecule has 3 aromatic rings. The second-order valence-corrected chi connectivity index (χ2v) is 7.54. The molecule has 136 valence electrons. The molecule has 0 aliphatic carbocycles. The molecule has 0 radical (unpaired) electrons. The van der Waals surface area contributed by atoms with Crippen molar-refractivity contribution >= 4 is 33.3 Å². The maximum absolute atomic E-state index is 13.7. The van der Waals surface area contributed by atoms with Crippen LogP contribution in [0.25, 0.3) is 10.3 Å². The molecule has 0 unspecified atom stereocenters. The molecule has 1 fully saturated rings. The van der Waals surface area contributed by atoms with Gasteiger partial charge in [-0.1, -0.05) is 0 Å². The number of halogens is 1. The van der Waals surface area contributed by atoms with Crippen LogP contribution in [-0.2, 0) is 0 Å². The number of piperazine rings is 1. The van der Waals surface area contributed by atoms with Crippen LogP contribution in [0.1, 0.15) is 20.9 Å². The van der Waals surface area contributed by atoms with E-state index < -0.39 is 5.82 Å². The lowest BCUT2D eigenvalue weighted by atomic mass is 10.1. The molecule has 1 aromatic carbocycles. The Bertz CT molecular complexity index is 1070. The number of nitrogens with zero attached hydrogens (tertiary/aromatic N) is 5. The Balaban J connectivity index is 1.51. The van der Waals surface area contributed by atoms with Crippen LogP contribution in [0.4, 0.5) is 10.1 Å². The first-order chi connectivity index (χ1) is 13.0. The van der Waals surface area contributed by atoms with Crippen molar-refractivity contribution in [2.45, 2.75) is 6.92 Å². The van der Waals surface area contributed by atoms with Crippen molar-refractivity contribution in [3.05, 3.63) is 52.4 Å². The Morgan fingerprint density at radius 1 is 1.26 bits per heavy atom. The molecular formula is C19H16FN5OS. The number of amides is 1. The summed E-state index contributed by atoms with van der Waals surface area (Å²) in [5.74, 6) is -0.468. The van der Waals surface area contributed by atoms with E-state index in [0.29, 0.717) is 48.6 Å². The number of aryl methyl sites for hydroxylation is 1. The van der Waals surface area contributed by atoms with E-state index in [-0.39, 0.29) is 5.91 Å². The number of carbonyl (C=O) groups is 1. The maximum Gasteiger partial charge on any atom is 0.255 e. The lowest BCUT2D eigenvalue weighted by Crippen LogP contribution is -2.48. The van der Waals surface area contributed by atoms with E-state index in [2.05, 4.69) is 9.97 Å². The summed E-state index contributed by atoms with van der Waals surface area (Å²) in [5, 5.41) is 9.89. The molecule has 1 aliphatic rings. The van der Waals surface area contributed by atoms with Gasteiger partial charge in [-0.25, -0.2) is 14.4 Å². The molecule has 1 saturated heterocycles. The molecule has 3 heterocycles. The lowest BCUT2D eigenvalue weighted by Gasteiger charge is -2.36. The zero-order valence-corrected chi connectivity index (χ0v) is 15.5. The van der Waals surface area contributed by atoms with Crippen LogP contribution >= 0.6 is 11.3 Å². The average molecular weight is 381 g/mol. The summed E-state index contributed by atoms with van der Waals surface area (Å²) >= 11 is 1.47. The minimum Gasteiger partial charge on any atom is -0.368 e. The summed E-state index contributed by atoms with van der Waals surface area (Å²) in [6.07, 6.45) is 1.61. The van der Waals surface area contributed by atoms with Gasteiger partial charge in [0.05, 0.1) is 26.9 Å². The Kier molecular flexibility index (Phi) is 4.46. The summed E-state index contributed by atoms with van der Waals surface area (Å²) < 4.78 is 14.5. The van der Waals surface area contributed by atoms with Crippen LogP contribution in [0, 0.1) is 24.1 Å². The van der Waals surface area contributed by atoms with Crippen LogP contribution in [0.2, 0.25) is 0 Å². The second-order valence-electron chi connectivity index (χ2n) is 6.33. The van der Waals surface area contributed by atoms with Crippen molar-refractivity contribution < 1.29 is 9.18 Å². The predicted molar refractivity (Wildman–Crippen MR) is 101 cm³/mol. The van der Waals surface area contributed by atoms with Gasteiger partial charge in [-0.2, -0.15) is 5.26 Å². The lowest BCUT2D eigenvalue weighted by molar-refractivity contribution is 0.0749. The first-order valence-corrected chi connectivity index (χ1v) is 9.34. The SMILES string of the molecule is Cc1nc2nccc(C(=O)N3CCN(c4cc(F)cc(C#N)c4)CC3)c2s1. The van der Waals surface area contributed by atoms with Gasteiger partial charge in [0, 0.05) is 38.1 Å². The standard InChI is InChI=1S/C19H16FN5OS/c1-12-23-18-17(27-12)16(2-3-22-18)19(26)25-6-4-24(5-7-25)15-9-13(11-21)8-14(20)10-15/h2-3,8-10H,4-7H2,1H3. The molecule has 27 heavy (non-hydrogen) atoms. The van der Waals surface area contributed by atoms with E-state index in [1.54, 1.807) is 23.2 Å². The van der Waals surface area contributed by atoms with E-state index in [9.17, 15) is 9.18 Å². The normalized spacial score (nSPS) is 14.4. The topological polar surface area (TPSA) is 73.1 Å². The highest BCUT2D eigenvalue weighted by molar-refractivity contribution is 7.18. The van der Waals surface area contributed by atoms with Gasteiger partial charge in [-0.05, 0) is 31.2 Å². The summed E-state index contributed by atoms with van der Waals surface area (Å²) in [7, 11) is 0. The first kappa shape index (κ1) is 17.4. The van der Waals surface area contributed by atoms with Crippen LogP contribution in [0.5, 0.6) is 0 Å². The van der Waals surface area contributed by atoms with Gasteiger partial charge < -0.3 is 9.80 Å². The summed E-state index contributed by atoms with van der Waals surface area (Å²) in [5.41, 5.74) is 2.19. The van der Waals surface area contributed by atoms with E-state index in [1.165, 1.54) is 23.5 Å². The number of hydrogen-bond donors (Lipinski definition) is 0. The highest BCUT2D eigenvalue weighted by Crippen LogP contribution is 2.26. The average Bonchev–Trinajstić information content (AvgIpc) is 3.07. The van der Waals surface area contributed by atoms with Crippen molar-refractivity contribution in [3.8, 4) is 6.07 Å². The van der Waals surface area contributed by atoms with Crippen molar-refractivity contribution in [2.24, 2.45) is 0 Å². The molecule has 0 atom stereocenters. The predicted octanol–water partition coefficient (Wildman–Crippen LogP) is 2.97. The number of pyridine rings is 1. The highest BCUT2D eigenvalue weighted by Gasteiger charge is 2.25. The molecule has 0 saturated carbocycles. The molecule has 4 rings (SSSR count). The van der Waals surface area contributed by atoms with Gasteiger partial charge in [0.2, 0.25) is 0 Å². The smallest absolute Gasteiger partial charge is 0.255 e. The number of anilines is 1. The van der Waals surface area contributed by atoms with Gasteiger partial charge in [0.25, 0.3) is 5.91 Å². The van der Waals surface area contributed by atoms with E-state index in [0.717, 1.165) is 9.71 Å². The van der Waals surface area contributed by atoms with Gasteiger partial charge in [0.1, 0.15) is 5.82 Å². The quantitative estimate of drug-likeness (QED) is 0.682. The zero-order valence-electron chi connectivity index (χ0n) is 14.6. The minimum absolute atomic E-state index is 0.0392. The summed E-state index contributed by atoms with van der Waals surface area (Å²) in [4.78, 5) is 25.3. The zero-order chi connectivity index (χ0) is 19.0. The monoisotopic (exact) mass is 381 g/mol. The number of fused-ring (bicyclic) bond motifs is 1. The molecule has 6 nitrogen and oxygen atoms in total. The molecule has 0 spiro atoms. The molecule has 1 aliphatic heterocycles. The van der Waals surface area contributed by atoms with E-state index >= 15 is 0 Å². The number of thiazole rings is 1. The Hall–Kier alpha value is -3.05. The molecular weight excluding hydrogens is 365 g/mol. The van der Waals surface area contributed by atoms with Gasteiger partial charge in [-0.15, -0.1) is 11.3 Å². The molecule has 0 bridgehead atoms. The van der Waals surface area contributed by atoms with Crippen molar-refractivity contribution in [3.63, 3.8) is 0 Å². The first-order valence-electron chi connectivity index (χ1n) is 8.52. The summed E-state index contributed by atoms with van der Waals surface area (Å²) in [6.45, 7) is 4.11. The minimum atomic E-state index is -0.428. The fourth-order valence-electron chi connectivity index (χ4n) is 3.26. The third-order valence-electron chi connectivity index (χ3n) is 4.57. The Morgan fingerprint density at radius 3 is 2.78 bits per heavy atom. The largest absolute Gasteiger partial charge is 0.368 e. The van der Waals surface area contributed by atoms with Crippen LogP contribution in [-0.4, -0.2) is 47.0 Å². The van der Waals surface area contributed by atoms with Crippen molar-refractivity contribution in [2.75, 3.05) is 31.1 Å². The number of benzene rings is 1. The number of nitriles is 1. The summed E-state index contributed by atoms with van der Waals surface area (Å²) in [6, 6.07) is 8.02. The van der Waals surface area contributed by atoms with E-state index in [4.69, 9.17) is 5.26 Å².